The lowest BCUT2D eigenvalue weighted by atomic mass is 9.50. The minimum absolute atomic E-state index is 0.107. The van der Waals surface area contributed by atoms with E-state index in [1.807, 2.05) is 27.7 Å². The molecule has 2 N–H and O–H groups in total. The molecule has 1 saturated carbocycles. The number of likely N-dealkylation sites (N-methyl/N-ethyl adjacent to an activating group) is 1. The van der Waals surface area contributed by atoms with Crippen molar-refractivity contribution in [2.24, 2.45) is 22.7 Å². The molecule has 0 aromatic heterocycles. The minimum Gasteiger partial charge on any atom is -0.456 e. The summed E-state index contributed by atoms with van der Waals surface area (Å²) in [6.45, 7) is 22.1. The highest BCUT2D eigenvalue weighted by atomic mass is 16.6. The summed E-state index contributed by atoms with van der Waals surface area (Å²) in [6.07, 6.45) is 3.04. The first-order valence-electron chi connectivity index (χ1n) is 25.3. The van der Waals surface area contributed by atoms with Crippen LogP contribution in [0.3, 0.4) is 0 Å². The number of Topliss-reactive ketones (excluding diaryl/α,β-unsaturated/α-hetero) is 1. The third-order valence-electron chi connectivity index (χ3n) is 15.6. The molecule has 1 aliphatic heterocycles. The van der Waals surface area contributed by atoms with Crippen LogP contribution >= 0.6 is 0 Å². The second-order valence-electron chi connectivity index (χ2n) is 21.2. The fourth-order valence-electron chi connectivity index (χ4n) is 11.4. The Labute approximate surface area is 433 Å². The van der Waals surface area contributed by atoms with Crippen molar-refractivity contribution in [1.29, 1.82) is 0 Å². The highest BCUT2D eigenvalue weighted by Gasteiger charge is 2.70. The molecule has 0 spiro atoms. The lowest BCUT2D eigenvalue weighted by molar-refractivity contribution is -0.316. The fourth-order valence-corrected chi connectivity index (χ4v) is 11.4. The lowest BCUT2D eigenvalue weighted by Gasteiger charge is -2.62. The number of alkyl carbamates (subject to hydrolysis) is 1. The summed E-state index contributed by atoms with van der Waals surface area (Å²) in [5, 5.41) is 16.3. The molecule has 5 rings (SSSR count). The van der Waals surface area contributed by atoms with E-state index >= 15 is 4.79 Å². The zero-order chi connectivity index (χ0) is 54.7. The molecule has 404 valence electrons. The Balaban J connectivity index is 0.00000570. The van der Waals surface area contributed by atoms with Gasteiger partial charge in [-0.15, -0.1) is 12.8 Å². The molecule has 0 radical (unpaired) electrons. The topological polar surface area (TPSA) is 195 Å². The molecule has 3 aliphatic rings. The van der Waals surface area contributed by atoms with Crippen molar-refractivity contribution in [2.75, 3.05) is 54.2 Å². The van der Waals surface area contributed by atoms with Gasteiger partial charge in [0.25, 0.3) is 0 Å². The van der Waals surface area contributed by atoms with Gasteiger partial charge in [-0.3, -0.25) is 9.59 Å². The van der Waals surface area contributed by atoms with Crippen LogP contribution < -0.4 is 5.32 Å². The number of carbonyl (C=O) groups excluding carboxylic acids is 5. The molecule has 2 fully saturated rings. The van der Waals surface area contributed by atoms with Gasteiger partial charge >= 0.3 is 24.0 Å². The number of rotatable bonds is 22. The SMILES string of the molecule is C#C.CCN(CCC[C@@H](C(=O)[C@@]1(C)C(C)[C@]2(OC(C)=O)CO[C@@H]2C[C@@H]1OC)C1=C(C)[C@@H](OC(=O)[C@H](OC)[C@@H](NC(=O)OC(C)(C)C)c2ccccc2)C[C@@](O)([C@H](C)OC(=O)c2ccccc2)C1(C)C)CCOC. The standard InChI is InChI=1S/C55H80N2O14.C2H2/c1-15-57(29-30-64-12)28-22-27-40(47(59)53(11)35(3)54(70-37(5)58)33-67-43(54)31-42(53)65-13)44-34(2)41(32-55(63,52(44,9)10)36(4)68-48(60)39-25-20-17-21-26-39)69-49(61)46(66-14)45(38-23-18-16-19-24-38)56-50(62)71-51(6,7)8;1-2/h16-21,23-26,35-36,40-43,45-46,63H,15,22,27-33H2,1-14H3,(H,56,62);1-2H/t35?,36-,40+,41-,42-,43+,45-,46+,53-,54+,55+;/m0./s1. The Hall–Kier alpha value is -5.15. The van der Waals surface area contributed by atoms with Crippen molar-refractivity contribution >= 4 is 29.8 Å². The monoisotopic (exact) mass is 1020 g/mol. The van der Waals surface area contributed by atoms with Gasteiger partial charge in [0.05, 0.1) is 36.3 Å². The molecule has 11 atom stereocenters. The van der Waals surface area contributed by atoms with Crippen LogP contribution in [0, 0.1) is 35.5 Å². The second kappa shape index (κ2) is 25.4. The van der Waals surface area contributed by atoms with Gasteiger partial charge in [-0.2, -0.15) is 0 Å². The van der Waals surface area contributed by atoms with Crippen LogP contribution in [0.25, 0.3) is 0 Å². The van der Waals surface area contributed by atoms with Gasteiger partial charge < -0.3 is 53.2 Å². The first-order chi connectivity index (χ1) is 34.4. The third-order valence-corrected chi connectivity index (χ3v) is 15.6. The van der Waals surface area contributed by atoms with E-state index in [0.717, 1.165) is 6.54 Å². The number of carbonyl (C=O) groups is 5. The molecule has 73 heavy (non-hydrogen) atoms. The average molecular weight is 1020 g/mol. The fraction of sp³-hybridized carbons (Fsp3) is 0.632. The van der Waals surface area contributed by atoms with E-state index in [9.17, 15) is 24.3 Å². The van der Waals surface area contributed by atoms with Crippen molar-refractivity contribution in [1.82, 2.24) is 10.2 Å². The van der Waals surface area contributed by atoms with Gasteiger partial charge in [-0.25, -0.2) is 14.4 Å². The van der Waals surface area contributed by atoms with E-state index in [0.29, 0.717) is 49.2 Å². The molecule has 1 saturated heterocycles. The number of nitrogens with one attached hydrogen (secondary N) is 1. The predicted molar refractivity (Wildman–Crippen MR) is 275 cm³/mol. The number of esters is 3. The zero-order valence-corrected chi connectivity index (χ0v) is 45.6. The number of nitrogens with zero attached hydrogens (tertiary/aromatic N) is 1. The number of hydrogen-bond donors (Lipinski definition) is 2. The highest BCUT2D eigenvalue weighted by Crippen LogP contribution is 2.59. The molecule has 16 nitrogen and oxygen atoms in total. The Morgan fingerprint density at radius 1 is 0.959 bits per heavy atom. The smallest absolute Gasteiger partial charge is 0.408 e. The number of terminal acetylenes is 1. The molecular formula is C57H82N2O14. The van der Waals surface area contributed by atoms with Crippen LogP contribution in [0.15, 0.2) is 71.8 Å². The number of benzene rings is 2. The largest absolute Gasteiger partial charge is 0.456 e. The quantitative estimate of drug-likeness (QED) is 0.0501. The van der Waals surface area contributed by atoms with E-state index in [-0.39, 0.29) is 30.8 Å². The number of fused-ring (bicyclic) bond motifs is 1. The molecule has 1 heterocycles. The maximum Gasteiger partial charge on any atom is 0.408 e. The Bertz CT molecular complexity index is 2240. The number of hydrogen-bond acceptors (Lipinski definition) is 15. The molecule has 16 heteroatoms. The number of methoxy groups -OCH3 is 3. The molecule has 1 unspecified atom stereocenters. The van der Waals surface area contributed by atoms with Crippen molar-refractivity contribution < 1.29 is 67.0 Å². The van der Waals surface area contributed by atoms with E-state index in [2.05, 4.69) is 30.0 Å². The number of ketones is 1. The van der Waals surface area contributed by atoms with Crippen LogP contribution in [0.1, 0.15) is 124 Å². The first-order valence-corrected chi connectivity index (χ1v) is 25.3. The summed E-state index contributed by atoms with van der Waals surface area (Å²) in [7, 11) is 4.54. The van der Waals surface area contributed by atoms with Crippen LogP contribution in [0.2, 0.25) is 0 Å². The normalized spacial score (nSPS) is 27.0. The average Bonchev–Trinajstić information content (AvgIpc) is 3.34. The van der Waals surface area contributed by atoms with Gasteiger partial charge in [-0.05, 0) is 96.3 Å². The first kappa shape index (κ1) is 60.4. The highest BCUT2D eigenvalue weighted by molar-refractivity contribution is 5.91. The summed E-state index contributed by atoms with van der Waals surface area (Å²) < 4.78 is 47.9. The Kier molecular flexibility index (Phi) is 21.0. The van der Waals surface area contributed by atoms with Crippen molar-refractivity contribution in [3.05, 3.63) is 82.9 Å². The summed E-state index contributed by atoms with van der Waals surface area (Å²) in [5.74, 6) is -3.79. The van der Waals surface area contributed by atoms with E-state index in [1.54, 1.807) is 110 Å². The summed E-state index contributed by atoms with van der Waals surface area (Å²) >= 11 is 0. The maximum atomic E-state index is 16.4. The summed E-state index contributed by atoms with van der Waals surface area (Å²) in [6, 6.07) is 16.1. The van der Waals surface area contributed by atoms with Gasteiger partial charge in [-0.1, -0.05) is 76.2 Å². The Morgan fingerprint density at radius 3 is 2.10 bits per heavy atom. The number of amides is 1. The van der Waals surface area contributed by atoms with Gasteiger partial charge in [0, 0.05) is 64.9 Å². The van der Waals surface area contributed by atoms with E-state index < -0.39 is 100 Å². The predicted octanol–water partition coefficient (Wildman–Crippen LogP) is 7.85. The van der Waals surface area contributed by atoms with Crippen molar-refractivity contribution in [3.63, 3.8) is 0 Å². The van der Waals surface area contributed by atoms with Crippen molar-refractivity contribution in [3.8, 4) is 12.8 Å². The zero-order valence-electron chi connectivity index (χ0n) is 45.6. The molecule has 0 bridgehead atoms. The van der Waals surface area contributed by atoms with E-state index in [1.165, 1.54) is 14.0 Å². The lowest BCUT2D eigenvalue weighted by Crippen LogP contribution is -2.74. The summed E-state index contributed by atoms with van der Waals surface area (Å²) in [4.78, 5) is 73.4. The van der Waals surface area contributed by atoms with Crippen LogP contribution in [0.4, 0.5) is 4.79 Å². The summed E-state index contributed by atoms with van der Waals surface area (Å²) in [5.41, 5.74) is -4.74. The van der Waals surface area contributed by atoms with Gasteiger partial charge in [0.15, 0.2) is 11.7 Å². The molecular weight excluding hydrogens is 937 g/mol. The molecule has 2 aromatic rings. The van der Waals surface area contributed by atoms with Gasteiger partial charge in [0.2, 0.25) is 0 Å². The molecule has 1 amide bonds. The molecule has 2 aromatic carbocycles. The molecule has 2 aliphatic carbocycles. The third kappa shape index (κ3) is 13.0. The van der Waals surface area contributed by atoms with Crippen LogP contribution in [-0.4, -0.2) is 141 Å². The van der Waals surface area contributed by atoms with Crippen LogP contribution in [0.5, 0.6) is 0 Å². The number of ether oxygens (including phenoxy) is 8. The Morgan fingerprint density at radius 2 is 1.58 bits per heavy atom. The minimum atomic E-state index is -1.98. The second-order valence-corrected chi connectivity index (χ2v) is 21.2. The number of aliphatic hydroxyl groups is 1. The van der Waals surface area contributed by atoms with Crippen LogP contribution in [-0.2, 0) is 52.3 Å². The van der Waals surface area contributed by atoms with Crippen molar-refractivity contribution in [2.45, 2.75) is 155 Å². The maximum absolute atomic E-state index is 16.4. The van der Waals surface area contributed by atoms with E-state index in [4.69, 9.17) is 37.9 Å². The van der Waals surface area contributed by atoms with Gasteiger partial charge in [0.1, 0.15) is 35.3 Å².